The topological polar surface area (TPSA) is 64.6 Å². The summed E-state index contributed by atoms with van der Waals surface area (Å²) in [5.41, 5.74) is 0. The molecule has 1 heterocycles. The van der Waals surface area contributed by atoms with Gasteiger partial charge >= 0.3 is 6.09 Å². The second kappa shape index (κ2) is 5.84. The Morgan fingerprint density at radius 1 is 1.44 bits per heavy atom. The molecule has 0 spiro atoms. The molecule has 0 radical (unpaired) electrons. The highest BCUT2D eigenvalue weighted by Gasteiger charge is 2.24. The van der Waals surface area contributed by atoms with Crippen molar-refractivity contribution in [1.29, 1.82) is 0 Å². The van der Waals surface area contributed by atoms with Crippen LogP contribution in [0.1, 0.15) is 27.2 Å². The summed E-state index contributed by atoms with van der Waals surface area (Å²) in [6.07, 6.45) is 0.00370. The van der Waals surface area contributed by atoms with Gasteiger partial charge in [-0.05, 0) is 12.8 Å². The number of nitrogens with one attached hydrogen (secondary N) is 1. The van der Waals surface area contributed by atoms with Gasteiger partial charge in [-0.15, -0.1) is 0 Å². The molecule has 0 aromatic heterocycles. The average molecular weight is 229 g/mol. The Morgan fingerprint density at radius 2 is 2.12 bits per heavy atom. The maximum atomic E-state index is 11.5. The Kier molecular flexibility index (Phi) is 4.73. The summed E-state index contributed by atoms with van der Waals surface area (Å²) < 4.78 is 10.2. The third-order valence-corrected chi connectivity index (χ3v) is 2.54. The van der Waals surface area contributed by atoms with Gasteiger partial charge in [0.15, 0.2) is 5.78 Å². The van der Waals surface area contributed by atoms with Crippen molar-refractivity contribution in [3.05, 3.63) is 0 Å². The molecule has 1 fully saturated rings. The van der Waals surface area contributed by atoms with E-state index in [0.717, 1.165) is 6.42 Å². The van der Waals surface area contributed by atoms with Crippen LogP contribution in [0, 0.1) is 5.92 Å². The third kappa shape index (κ3) is 3.81. The van der Waals surface area contributed by atoms with Crippen molar-refractivity contribution in [2.24, 2.45) is 5.92 Å². The Morgan fingerprint density at radius 3 is 2.56 bits per heavy atom. The van der Waals surface area contributed by atoms with Crippen LogP contribution in [0.5, 0.6) is 0 Å². The fourth-order valence-corrected chi connectivity index (χ4v) is 1.66. The van der Waals surface area contributed by atoms with E-state index in [1.165, 1.54) is 6.92 Å². The van der Waals surface area contributed by atoms with Crippen molar-refractivity contribution in [3.63, 3.8) is 0 Å². The first-order valence-corrected chi connectivity index (χ1v) is 5.56. The van der Waals surface area contributed by atoms with E-state index in [-0.39, 0.29) is 17.8 Å². The number of amides is 1. The molecular formula is C11H19NO4. The highest BCUT2D eigenvalue weighted by molar-refractivity contribution is 5.85. The van der Waals surface area contributed by atoms with Gasteiger partial charge in [0.25, 0.3) is 0 Å². The summed E-state index contributed by atoms with van der Waals surface area (Å²) >= 11 is 0. The number of ether oxygens (including phenoxy) is 2. The number of rotatable bonds is 4. The summed E-state index contributed by atoms with van der Waals surface area (Å²) in [4.78, 5) is 22.7. The van der Waals surface area contributed by atoms with E-state index in [2.05, 4.69) is 5.32 Å². The Balaban J connectivity index is 2.38. The van der Waals surface area contributed by atoms with Crippen LogP contribution in [0.3, 0.4) is 0 Å². The number of hydrogen-bond donors (Lipinski definition) is 1. The number of carbonyl (C=O) groups is 2. The van der Waals surface area contributed by atoms with Crippen molar-refractivity contribution in [1.82, 2.24) is 5.32 Å². The van der Waals surface area contributed by atoms with E-state index in [4.69, 9.17) is 9.47 Å². The quantitative estimate of drug-likeness (QED) is 0.784. The lowest BCUT2D eigenvalue weighted by Gasteiger charge is -2.20. The van der Waals surface area contributed by atoms with Crippen molar-refractivity contribution >= 4 is 11.9 Å². The molecule has 0 aliphatic carbocycles. The second-order valence-electron chi connectivity index (χ2n) is 4.37. The standard InChI is InChI=1S/C11H19NO4/c1-7(2)10(8(3)13)12-11(14)16-9-4-5-15-6-9/h7,9-10H,4-6H2,1-3H3,(H,12,14)/t9-,10?/m1/s1. The van der Waals surface area contributed by atoms with Gasteiger partial charge in [-0.2, -0.15) is 0 Å². The van der Waals surface area contributed by atoms with Crippen LogP contribution < -0.4 is 5.32 Å². The molecule has 0 bridgehead atoms. The van der Waals surface area contributed by atoms with Gasteiger partial charge in [-0.3, -0.25) is 4.79 Å². The summed E-state index contributed by atoms with van der Waals surface area (Å²) in [7, 11) is 0. The van der Waals surface area contributed by atoms with Crippen molar-refractivity contribution in [2.75, 3.05) is 13.2 Å². The maximum absolute atomic E-state index is 11.5. The monoisotopic (exact) mass is 229 g/mol. The predicted octanol–water partition coefficient (Wildman–Crippen LogP) is 1.12. The van der Waals surface area contributed by atoms with Crippen LogP contribution >= 0.6 is 0 Å². The second-order valence-corrected chi connectivity index (χ2v) is 4.37. The zero-order chi connectivity index (χ0) is 12.1. The lowest BCUT2D eigenvalue weighted by molar-refractivity contribution is -0.119. The Hall–Kier alpha value is -1.10. The minimum absolute atomic E-state index is 0.0601. The van der Waals surface area contributed by atoms with Gasteiger partial charge in [0, 0.05) is 6.42 Å². The van der Waals surface area contributed by atoms with Gasteiger partial charge in [0.1, 0.15) is 6.10 Å². The molecule has 16 heavy (non-hydrogen) atoms. The van der Waals surface area contributed by atoms with Gasteiger partial charge in [-0.1, -0.05) is 13.8 Å². The largest absolute Gasteiger partial charge is 0.444 e. The van der Waals surface area contributed by atoms with Crippen molar-refractivity contribution in [2.45, 2.75) is 39.3 Å². The number of carbonyl (C=O) groups excluding carboxylic acids is 2. The lowest BCUT2D eigenvalue weighted by Crippen LogP contribution is -2.44. The number of ketones is 1. The minimum Gasteiger partial charge on any atom is -0.444 e. The van der Waals surface area contributed by atoms with E-state index in [1.54, 1.807) is 0 Å². The lowest BCUT2D eigenvalue weighted by atomic mass is 10.0. The van der Waals surface area contributed by atoms with Gasteiger partial charge in [0.05, 0.1) is 19.3 Å². The zero-order valence-electron chi connectivity index (χ0n) is 9.99. The zero-order valence-corrected chi connectivity index (χ0v) is 9.99. The number of alkyl carbamates (subject to hydrolysis) is 1. The molecule has 5 nitrogen and oxygen atoms in total. The van der Waals surface area contributed by atoms with E-state index < -0.39 is 12.1 Å². The van der Waals surface area contributed by atoms with E-state index in [9.17, 15) is 9.59 Å². The summed E-state index contributed by atoms with van der Waals surface area (Å²) in [5.74, 6) is -0.000463. The normalized spacial score (nSPS) is 21.9. The van der Waals surface area contributed by atoms with Crippen molar-refractivity contribution in [3.8, 4) is 0 Å². The van der Waals surface area contributed by atoms with Crippen LogP contribution in [0.4, 0.5) is 4.79 Å². The molecule has 1 unspecified atom stereocenters. The third-order valence-electron chi connectivity index (χ3n) is 2.54. The first-order chi connectivity index (χ1) is 7.50. The highest BCUT2D eigenvalue weighted by Crippen LogP contribution is 2.09. The number of Topliss-reactive ketones (excluding diaryl/α,β-unsaturated/α-hetero) is 1. The molecular weight excluding hydrogens is 210 g/mol. The van der Waals surface area contributed by atoms with E-state index in [1.807, 2.05) is 13.8 Å². The molecule has 1 amide bonds. The van der Waals surface area contributed by atoms with Crippen LogP contribution in [0.15, 0.2) is 0 Å². The minimum atomic E-state index is -0.538. The molecule has 1 aliphatic heterocycles. The first-order valence-electron chi connectivity index (χ1n) is 5.56. The van der Waals surface area contributed by atoms with Crippen LogP contribution in [0.25, 0.3) is 0 Å². The molecule has 0 saturated carbocycles. The first kappa shape index (κ1) is 13.0. The summed E-state index contributed by atoms with van der Waals surface area (Å²) in [5, 5.41) is 2.58. The van der Waals surface area contributed by atoms with E-state index in [0.29, 0.717) is 13.2 Å². The molecule has 1 N–H and O–H groups in total. The number of hydrogen-bond acceptors (Lipinski definition) is 4. The van der Waals surface area contributed by atoms with E-state index >= 15 is 0 Å². The summed E-state index contributed by atoms with van der Waals surface area (Å²) in [6, 6.07) is -0.477. The molecule has 1 aliphatic rings. The van der Waals surface area contributed by atoms with Crippen molar-refractivity contribution < 1.29 is 19.1 Å². The summed E-state index contributed by atoms with van der Waals surface area (Å²) in [6.45, 7) is 6.29. The average Bonchev–Trinajstić information content (AvgIpc) is 2.65. The molecule has 0 aromatic carbocycles. The Labute approximate surface area is 95.5 Å². The molecule has 0 aromatic rings. The molecule has 1 saturated heterocycles. The highest BCUT2D eigenvalue weighted by atomic mass is 16.6. The van der Waals surface area contributed by atoms with Gasteiger partial charge < -0.3 is 14.8 Å². The van der Waals surface area contributed by atoms with Crippen LogP contribution in [-0.2, 0) is 14.3 Å². The van der Waals surface area contributed by atoms with Gasteiger partial charge in [-0.25, -0.2) is 4.79 Å². The molecule has 2 atom stereocenters. The molecule has 1 rings (SSSR count). The van der Waals surface area contributed by atoms with Crippen LogP contribution in [-0.4, -0.2) is 37.2 Å². The fraction of sp³-hybridized carbons (Fsp3) is 0.818. The maximum Gasteiger partial charge on any atom is 0.408 e. The van der Waals surface area contributed by atoms with Crippen LogP contribution in [0.2, 0.25) is 0 Å². The molecule has 5 heteroatoms. The smallest absolute Gasteiger partial charge is 0.408 e. The predicted molar refractivity (Wildman–Crippen MR) is 58.1 cm³/mol. The molecule has 92 valence electrons. The Bertz CT molecular complexity index is 259. The van der Waals surface area contributed by atoms with Gasteiger partial charge in [0.2, 0.25) is 0 Å². The SMILES string of the molecule is CC(=O)C(NC(=O)O[C@@H]1CCOC1)C(C)C. The fourth-order valence-electron chi connectivity index (χ4n) is 1.66.